The molecule has 1 atom stereocenters. The van der Waals surface area contributed by atoms with Gasteiger partial charge in [-0.1, -0.05) is 24.3 Å². The smallest absolute Gasteiger partial charge is 0.248 e. The van der Waals surface area contributed by atoms with Crippen LogP contribution in [-0.2, 0) is 6.61 Å². The van der Waals surface area contributed by atoms with Crippen LogP contribution < -0.4 is 10.5 Å². The fraction of sp³-hybridized carbons (Fsp3) is 0.350. The number of piperazine rings is 1. The van der Waals surface area contributed by atoms with E-state index in [1.165, 1.54) is 11.1 Å². The number of carbonyl (C=O) groups excluding carboxylic acids is 1. The van der Waals surface area contributed by atoms with E-state index >= 15 is 0 Å². The van der Waals surface area contributed by atoms with E-state index in [0.29, 0.717) is 12.2 Å². The van der Waals surface area contributed by atoms with Crippen LogP contribution in [-0.4, -0.2) is 59.9 Å². The van der Waals surface area contributed by atoms with Gasteiger partial charge in [0.05, 0.1) is 6.04 Å². The van der Waals surface area contributed by atoms with Crippen molar-refractivity contribution in [2.24, 2.45) is 5.73 Å². The Hall–Kier alpha value is -2.45. The zero-order valence-electron chi connectivity index (χ0n) is 15.4. The molecule has 2 aromatic rings. The molecule has 27 heavy (non-hydrogen) atoms. The average Bonchev–Trinajstić information content (AvgIpc) is 2.79. The van der Waals surface area contributed by atoms with Crippen LogP contribution in [0.1, 0.15) is 33.1 Å². The third kappa shape index (κ3) is 3.96. The summed E-state index contributed by atoms with van der Waals surface area (Å²) in [4.78, 5) is 16.5. The number of nitrogens with two attached hydrogens (primary N) is 1. The van der Waals surface area contributed by atoms with E-state index in [1.54, 1.807) is 6.07 Å². The van der Waals surface area contributed by atoms with Crippen molar-refractivity contribution in [3.63, 3.8) is 0 Å². The van der Waals surface area contributed by atoms with Gasteiger partial charge < -0.3 is 26.3 Å². The van der Waals surface area contributed by atoms with Crippen LogP contribution in [0.4, 0.5) is 0 Å². The van der Waals surface area contributed by atoms with Gasteiger partial charge in [-0.3, -0.25) is 9.69 Å². The SMILES string of the molecule is CN1CCN(C2c3ccccc3COc3ccc(C(N)=O)cc32)CC1.O.O. The van der Waals surface area contributed by atoms with E-state index in [9.17, 15) is 4.79 Å². The van der Waals surface area contributed by atoms with Gasteiger partial charge in [0.1, 0.15) is 12.4 Å². The maximum atomic E-state index is 11.7. The zero-order chi connectivity index (χ0) is 17.4. The Morgan fingerprint density at radius 3 is 2.44 bits per heavy atom. The van der Waals surface area contributed by atoms with Crippen molar-refractivity contribution >= 4 is 5.91 Å². The standard InChI is InChI=1S/C20H23N3O2.2H2O/c1-22-8-10-23(11-9-22)19-16-5-3-2-4-15(16)13-25-18-7-6-14(20(21)24)12-17(18)19;;/h2-7,12,19H,8-11,13H2,1H3,(H2,21,24);2*1H2. The quantitative estimate of drug-likeness (QED) is 0.817. The summed E-state index contributed by atoms with van der Waals surface area (Å²) in [5, 5.41) is 0. The zero-order valence-corrected chi connectivity index (χ0v) is 15.4. The van der Waals surface area contributed by atoms with E-state index in [4.69, 9.17) is 10.5 Å². The van der Waals surface area contributed by atoms with Crippen molar-refractivity contribution in [1.29, 1.82) is 0 Å². The molecule has 4 rings (SSSR count). The molecular formula is C20H27N3O4. The third-order valence-electron chi connectivity index (χ3n) is 5.22. The summed E-state index contributed by atoms with van der Waals surface area (Å²) in [5.74, 6) is 0.433. The van der Waals surface area contributed by atoms with Gasteiger partial charge in [-0.05, 0) is 36.4 Å². The monoisotopic (exact) mass is 373 g/mol. The topological polar surface area (TPSA) is 122 Å². The molecule has 2 heterocycles. The number of amides is 1. The number of nitrogens with zero attached hydrogens (tertiary/aromatic N) is 2. The fourth-order valence-electron chi connectivity index (χ4n) is 3.78. The van der Waals surface area contributed by atoms with E-state index < -0.39 is 5.91 Å². The highest BCUT2D eigenvalue weighted by atomic mass is 16.5. The first-order chi connectivity index (χ1) is 12.1. The fourth-order valence-corrected chi connectivity index (χ4v) is 3.78. The molecule has 0 aliphatic carbocycles. The third-order valence-corrected chi connectivity index (χ3v) is 5.22. The molecule has 2 aliphatic heterocycles. The van der Waals surface area contributed by atoms with Gasteiger partial charge in [0.15, 0.2) is 0 Å². The lowest BCUT2D eigenvalue weighted by molar-refractivity contribution is 0.0999. The van der Waals surface area contributed by atoms with Crippen molar-refractivity contribution in [3.05, 3.63) is 64.7 Å². The Bertz CT molecular complexity index is 804. The van der Waals surface area contributed by atoms with Crippen LogP contribution in [0.15, 0.2) is 42.5 Å². The first-order valence-electron chi connectivity index (χ1n) is 8.70. The molecule has 0 saturated carbocycles. The van der Waals surface area contributed by atoms with Gasteiger partial charge in [0.2, 0.25) is 5.91 Å². The van der Waals surface area contributed by atoms with Gasteiger partial charge in [0, 0.05) is 37.3 Å². The summed E-state index contributed by atoms with van der Waals surface area (Å²) in [6.45, 7) is 4.57. The Morgan fingerprint density at radius 2 is 1.74 bits per heavy atom. The van der Waals surface area contributed by atoms with Crippen LogP contribution in [0.3, 0.4) is 0 Å². The van der Waals surface area contributed by atoms with Gasteiger partial charge in [0.25, 0.3) is 0 Å². The Balaban J connectivity index is 0.00000131. The first kappa shape index (κ1) is 20.9. The highest BCUT2D eigenvalue weighted by Gasteiger charge is 2.31. The highest BCUT2D eigenvalue weighted by Crippen LogP contribution is 2.40. The molecule has 0 spiro atoms. The molecule has 1 amide bonds. The average molecular weight is 373 g/mol. The van der Waals surface area contributed by atoms with Gasteiger partial charge >= 0.3 is 0 Å². The Kier molecular flexibility index (Phi) is 6.56. The number of primary amides is 1. The van der Waals surface area contributed by atoms with E-state index in [2.05, 4.69) is 35.0 Å². The van der Waals surface area contributed by atoms with Crippen molar-refractivity contribution in [3.8, 4) is 5.75 Å². The van der Waals surface area contributed by atoms with Crippen molar-refractivity contribution in [1.82, 2.24) is 9.80 Å². The minimum atomic E-state index is -0.405. The molecule has 2 aliphatic rings. The summed E-state index contributed by atoms with van der Waals surface area (Å²) in [5.41, 5.74) is 9.54. The van der Waals surface area contributed by atoms with Gasteiger partial charge in [-0.2, -0.15) is 0 Å². The highest BCUT2D eigenvalue weighted by molar-refractivity contribution is 5.93. The molecule has 2 aromatic carbocycles. The molecule has 1 unspecified atom stereocenters. The minimum Gasteiger partial charge on any atom is -0.489 e. The number of hydrogen-bond acceptors (Lipinski definition) is 4. The number of ether oxygens (including phenoxy) is 1. The van der Waals surface area contributed by atoms with E-state index in [-0.39, 0.29) is 17.0 Å². The second-order valence-electron chi connectivity index (χ2n) is 6.85. The minimum absolute atomic E-state index is 0. The van der Waals surface area contributed by atoms with Gasteiger partial charge in [-0.25, -0.2) is 0 Å². The summed E-state index contributed by atoms with van der Waals surface area (Å²) in [6, 6.07) is 14.0. The van der Waals surface area contributed by atoms with Crippen molar-refractivity contribution < 1.29 is 20.5 Å². The van der Waals surface area contributed by atoms with Gasteiger partial charge in [-0.15, -0.1) is 0 Å². The van der Waals surface area contributed by atoms with Crippen LogP contribution in [0, 0.1) is 0 Å². The van der Waals surface area contributed by atoms with Crippen molar-refractivity contribution in [2.45, 2.75) is 12.6 Å². The molecule has 0 radical (unpaired) electrons. The van der Waals surface area contributed by atoms with E-state index in [0.717, 1.165) is 37.5 Å². The number of carbonyl (C=O) groups is 1. The number of hydrogen-bond donors (Lipinski definition) is 1. The normalized spacial score (nSPS) is 19.4. The molecular weight excluding hydrogens is 346 g/mol. The molecule has 0 aromatic heterocycles. The maximum absolute atomic E-state index is 11.7. The van der Waals surface area contributed by atoms with E-state index in [1.807, 2.05) is 18.2 Å². The second-order valence-corrected chi connectivity index (χ2v) is 6.85. The van der Waals surface area contributed by atoms with Crippen LogP contribution in [0.25, 0.3) is 0 Å². The van der Waals surface area contributed by atoms with Crippen LogP contribution in [0.2, 0.25) is 0 Å². The summed E-state index contributed by atoms with van der Waals surface area (Å²) < 4.78 is 6.06. The summed E-state index contributed by atoms with van der Waals surface area (Å²) in [7, 11) is 2.15. The largest absolute Gasteiger partial charge is 0.489 e. The first-order valence-corrected chi connectivity index (χ1v) is 8.70. The summed E-state index contributed by atoms with van der Waals surface area (Å²) in [6.07, 6.45) is 0. The number of fused-ring (bicyclic) bond motifs is 2. The lowest BCUT2D eigenvalue weighted by Crippen LogP contribution is -2.46. The molecule has 146 valence electrons. The lowest BCUT2D eigenvalue weighted by atomic mass is 9.92. The predicted octanol–water partition coefficient (Wildman–Crippen LogP) is 0.365. The molecule has 1 saturated heterocycles. The predicted molar refractivity (Wildman–Crippen MR) is 104 cm³/mol. The maximum Gasteiger partial charge on any atom is 0.248 e. The second kappa shape index (κ2) is 8.49. The Morgan fingerprint density at radius 1 is 1.04 bits per heavy atom. The number of benzene rings is 2. The van der Waals surface area contributed by atoms with Crippen molar-refractivity contribution in [2.75, 3.05) is 33.2 Å². The molecule has 6 N–H and O–H groups in total. The number of rotatable bonds is 2. The Labute approximate surface area is 158 Å². The molecule has 7 nitrogen and oxygen atoms in total. The lowest BCUT2D eigenvalue weighted by Gasteiger charge is -2.38. The summed E-state index contributed by atoms with van der Waals surface area (Å²) >= 11 is 0. The number of likely N-dealkylation sites (N-methyl/N-ethyl adjacent to an activating group) is 1. The van der Waals surface area contributed by atoms with Crippen LogP contribution >= 0.6 is 0 Å². The molecule has 0 bridgehead atoms. The van der Waals surface area contributed by atoms with Crippen LogP contribution in [0.5, 0.6) is 5.75 Å². The molecule has 1 fully saturated rings. The molecule has 7 heteroatoms.